The van der Waals surface area contributed by atoms with Gasteiger partial charge in [-0.05, 0) is 35.9 Å². The summed E-state index contributed by atoms with van der Waals surface area (Å²) in [5.74, 6) is 1.59. The van der Waals surface area contributed by atoms with Gasteiger partial charge in [0.15, 0.2) is 11.5 Å². The van der Waals surface area contributed by atoms with Crippen molar-refractivity contribution in [1.82, 2.24) is 5.43 Å². The number of carbonyl (C=O) groups excluding carboxylic acids is 1. The zero-order valence-corrected chi connectivity index (χ0v) is 17.8. The molecule has 0 bridgehead atoms. The van der Waals surface area contributed by atoms with E-state index in [-0.39, 0.29) is 5.91 Å². The van der Waals surface area contributed by atoms with Crippen LogP contribution in [0.3, 0.4) is 0 Å². The van der Waals surface area contributed by atoms with Gasteiger partial charge in [0.05, 0.1) is 19.8 Å². The number of nitrogens with zero attached hydrogens (tertiary/aromatic N) is 1. The maximum atomic E-state index is 12.4. The summed E-state index contributed by atoms with van der Waals surface area (Å²) in [6.07, 6.45) is 1.63. The number of methoxy groups -OCH3 is 2. The molecular formula is C25H23N3O4. The van der Waals surface area contributed by atoms with Gasteiger partial charge in [0.1, 0.15) is 18.1 Å². The van der Waals surface area contributed by atoms with Crippen molar-refractivity contribution >= 4 is 17.3 Å². The molecule has 0 atom stereocenters. The van der Waals surface area contributed by atoms with E-state index in [2.05, 4.69) is 15.8 Å². The lowest BCUT2D eigenvalue weighted by molar-refractivity contribution is -0.116. The molecule has 0 aliphatic carbocycles. The van der Waals surface area contributed by atoms with Gasteiger partial charge in [-0.15, -0.1) is 0 Å². The molecule has 2 N–H and O–H groups in total. The highest BCUT2D eigenvalue weighted by molar-refractivity contribution is 6.31. The third-order valence-corrected chi connectivity index (χ3v) is 4.89. The minimum absolute atomic E-state index is 0.293. The van der Waals surface area contributed by atoms with Crippen LogP contribution in [0.2, 0.25) is 0 Å². The lowest BCUT2D eigenvalue weighted by atomic mass is 10.0. The lowest BCUT2D eigenvalue weighted by Crippen LogP contribution is -2.15. The molecule has 7 heteroatoms. The van der Waals surface area contributed by atoms with Crippen LogP contribution in [0, 0.1) is 0 Å². The Morgan fingerprint density at radius 1 is 0.938 bits per heavy atom. The smallest absolute Gasteiger partial charge is 0.275 e. The molecule has 3 aromatic rings. The minimum Gasteiger partial charge on any atom is -0.493 e. The number of hydrogen-bond acceptors (Lipinski definition) is 6. The van der Waals surface area contributed by atoms with E-state index in [1.165, 1.54) is 0 Å². The fourth-order valence-corrected chi connectivity index (χ4v) is 3.24. The molecule has 1 aliphatic heterocycles. The predicted molar refractivity (Wildman–Crippen MR) is 123 cm³/mol. The van der Waals surface area contributed by atoms with E-state index in [4.69, 9.17) is 14.2 Å². The molecule has 3 aromatic carbocycles. The van der Waals surface area contributed by atoms with Gasteiger partial charge in [0.2, 0.25) is 0 Å². The van der Waals surface area contributed by atoms with E-state index in [0.717, 1.165) is 22.6 Å². The summed E-state index contributed by atoms with van der Waals surface area (Å²) in [5, 5.41) is 7.35. The molecule has 0 spiro atoms. The average Bonchev–Trinajstić information content (AvgIpc) is 3.22. The highest BCUT2D eigenvalue weighted by Gasteiger charge is 2.25. The first-order chi connectivity index (χ1) is 15.7. The molecule has 0 fully saturated rings. The molecule has 0 radical (unpaired) electrons. The van der Waals surface area contributed by atoms with Crippen molar-refractivity contribution < 1.29 is 19.0 Å². The third-order valence-electron chi connectivity index (χ3n) is 4.89. The Kier molecular flexibility index (Phi) is 6.36. The van der Waals surface area contributed by atoms with E-state index in [1.807, 2.05) is 60.7 Å². The highest BCUT2D eigenvalue weighted by Crippen LogP contribution is 2.29. The minimum atomic E-state index is -0.293. The van der Waals surface area contributed by atoms with Crippen LogP contribution in [0.15, 0.2) is 89.7 Å². The van der Waals surface area contributed by atoms with Crippen molar-refractivity contribution in [2.75, 3.05) is 19.5 Å². The molecule has 1 heterocycles. The Morgan fingerprint density at radius 2 is 1.75 bits per heavy atom. The predicted octanol–water partition coefficient (Wildman–Crippen LogP) is 4.11. The lowest BCUT2D eigenvalue weighted by Gasteiger charge is -2.10. The molecule has 0 saturated carbocycles. The molecular weight excluding hydrogens is 406 g/mol. The van der Waals surface area contributed by atoms with Crippen LogP contribution >= 0.6 is 0 Å². The molecule has 0 unspecified atom stereocenters. The summed E-state index contributed by atoms with van der Waals surface area (Å²) in [5.41, 5.74) is 6.04. The van der Waals surface area contributed by atoms with Gasteiger partial charge >= 0.3 is 0 Å². The van der Waals surface area contributed by atoms with Crippen LogP contribution in [0.25, 0.3) is 0 Å². The van der Waals surface area contributed by atoms with Gasteiger partial charge < -0.3 is 19.5 Å². The number of anilines is 1. The fourth-order valence-electron chi connectivity index (χ4n) is 3.24. The van der Waals surface area contributed by atoms with Crippen molar-refractivity contribution in [1.29, 1.82) is 0 Å². The van der Waals surface area contributed by atoms with E-state index in [9.17, 15) is 4.79 Å². The molecule has 7 nitrogen and oxygen atoms in total. The van der Waals surface area contributed by atoms with E-state index in [1.54, 1.807) is 32.6 Å². The van der Waals surface area contributed by atoms with Crippen molar-refractivity contribution in [2.45, 2.75) is 6.61 Å². The summed E-state index contributed by atoms with van der Waals surface area (Å²) in [6, 6.07) is 22.9. The first-order valence-corrected chi connectivity index (χ1v) is 10.0. The summed E-state index contributed by atoms with van der Waals surface area (Å²) < 4.78 is 16.5. The van der Waals surface area contributed by atoms with Gasteiger partial charge in [-0.1, -0.05) is 36.4 Å². The normalized spacial score (nSPS) is 14.0. The second-order valence-corrected chi connectivity index (χ2v) is 6.98. The molecule has 32 heavy (non-hydrogen) atoms. The average molecular weight is 429 g/mol. The quantitative estimate of drug-likeness (QED) is 0.527. The van der Waals surface area contributed by atoms with Crippen LogP contribution in [0.4, 0.5) is 5.69 Å². The van der Waals surface area contributed by atoms with Crippen LogP contribution in [-0.2, 0) is 11.4 Å². The van der Waals surface area contributed by atoms with Crippen molar-refractivity contribution in [3.8, 4) is 17.2 Å². The Balaban J connectivity index is 1.49. The van der Waals surface area contributed by atoms with Crippen molar-refractivity contribution in [3.05, 3.63) is 95.7 Å². The number of ether oxygens (including phenoxy) is 3. The summed E-state index contributed by atoms with van der Waals surface area (Å²) in [7, 11) is 3.13. The molecule has 162 valence electrons. The zero-order valence-electron chi connectivity index (χ0n) is 17.8. The van der Waals surface area contributed by atoms with Crippen LogP contribution in [-0.4, -0.2) is 25.8 Å². The second-order valence-electron chi connectivity index (χ2n) is 6.98. The second kappa shape index (κ2) is 9.70. The molecule has 1 amide bonds. The van der Waals surface area contributed by atoms with E-state index < -0.39 is 0 Å². The molecule has 1 aliphatic rings. The van der Waals surface area contributed by atoms with Crippen molar-refractivity contribution in [2.24, 2.45) is 5.10 Å². The molecule has 4 rings (SSSR count). The van der Waals surface area contributed by atoms with Crippen molar-refractivity contribution in [3.63, 3.8) is 0 Å². The maximum Gasteiger partial charge on any atom is 0.275 e. The van der Waals surface area contributed by atoms with Crippen LogP contribution in [0.5, 0.6) is 17.2 Å². The Labute approximate surface area is 186 Å². The van der Waals surface area contributed by atoms with Gasteiger partial charge in [-0.25, -0.2) is 5.43 Å². The first-order valence-electron chi connectivity index (χ1n) is 10.0. The Hall–Kier alpha value is -4.26. The van der Waals surface area contributed by atoms with E-state index >= 15 is 0 Å². The summed E-state index contributed by atoms with van der Waals surface area (Å²) in [6.45, 7) is 0.476. The number of amides is 1. The summed E-state index contributed by atoms with van der Waals surface area (Å²) >= 11 is 0. The number of carbonyl (C=O) groups is 1. The van der Waals surface area contributed by atoms with Gasteiger partial charge in [0.25, 0.3) is 5.91 Å². The van der Waals surface area contributed by atoms with Crippen LogP contribution < -0.4 is 25.0 Å². The summed E-state index contributed by atoms with van der Waals surface area (Å²) in [4.78, 5) is 12.4. The Morgan fingerprint density at radius 3 is 2.53 bits per heavy atom. The zero-order chi connectivity index (χ0) is 22.3. The highest BCUT2D eigenvalue weighted by atomic mass is 16.5. The number of hydrazone groups is 1. The molecule has 0 saturated heterocycles. The third kappa shape index (κ3) is 4.73. The van der Waals surface area contributed by atoms with Gasteiger partial charge in [-0.2, -0.15) is 5.10 Å². The molecule has 0 aromatic heterocycles. The number of rotatable bonds is 8. The van der Waals surface area contributed by atoms with Crippen LogP contribution in [0.1, 0.15) is 11.1 Å². The number of nitrogens with one attached hydrogen (secondary N) is 2. The maximum absolute atomic E-state index is 12.4. The topological polar surface area (TPSA) is 81.2 Å². The largest absolute Gasteiger partial charge is 0.493 e. The number of benzene rings is 3. The Bertz CT molecular complexity index is 1170. The van der Waals surface area contributed by atoms with E-state index in [0.29, 0.717) is 29.4 Å². The van der Waals surface area contributed by atoms with Gasteiger partial charge in [0, 0.05) is 23.5 Å². The van der Waals surface area contributed by atoms with Gasteiger partial charge in [-0.3, -0.25) is 4.79 Å². The monoisotopic (exact) mass is 429 g/mol. The number of hydrogen-bond donors (Lipinski definition) is 2. The fraction of sp³-hybridized carbons (Fsp3) is 0.120. The first kappa shape index (κ1) is 21.0. The SMILES string of the molecule is COc1ccc(C2=NNC(=O)C2=CNc2cccc(OCc3ccccc3)c2)cc1OC. The standard InChI is InChI=1S/C25H23N3O4/c1-30-22-12-11-18(13-23(22)31-2)24-21(25(29)28-27-24)15-26-19-9-6-10-20(14-19)32-16-17-7-4-3-5-8-17/h3-15,26H,16H2,1-2H3,(H,28,29).